The van der Waals surface area contributed by atoms with Crippen LogP contribution in [-0.2, 0) is 0 Å². The lowest BCUT2D eigenvalue weighted by molar-refractivity contribution is 0.0953. The van der Waals surface area contributed by atoms with Crippen LogP contribution < -0.4 is 5.32 Å². The number of aromatic nitrogens is 2. The fourth-order valence-electron chi connectivity index (χ4n) is 1.72. The van der Waals surface area contributed by atoms with Gasteiger partial charge in [-0.3, -0.25) is 4.79 Å². The first kappa shape index (κ1) is 11.6. The van der Waals surface area contributed by atoms with E-state index in [1.165, 1.54) is 0 Å². The molecule has 4 nitrogen and oxygen atoms in total. The molecule has 0 spiro atoms. The summed E-state index contributed by atoms with van der Waals surface area (Å²) < 4.78 is 0. The summed E-state index contributed by atoms with van der Waals surface area (Å²) in [5.41, 5.74) is 2.25. The second-order valence-electron chi connectivity index (χ2n) is 4.54. The van der Waals surface area contributed by atoms with Crippen molar-refractivity contribution in [3.8, 4) is 0 Å². The number of benzene rings is 1. The van der Waals surface area contributed by atoms with Gasteiger partial charge in [0.15, 0.2) is 0 Å². The molecule has 1 aromatic heterocycles. The van der Waals surface area contributed by atoms with Gasteiger partial charge in [-0.1, -0.05) is 19.9 Å². The Hall–Kier alpha value is -1.84. The molecule has 0 fully saturated rings. The second-order valence-corrected chi connectivity index (χ2v) is 4.54. The molecular weight excluding hydrogens is 214 g/mol. The van der Waals surface area contributed by atoms with Gasteiger partial charge in [0.05, 0.1) is 17.4 Å². The van der Waals surface area contributed by atoms with Crippen LogP contribution in [-0.4, -0.2) is 22.4 Å². The molecule has 2 N–H and O–H groups in total. The Kier molecular flexibility index (Phi) is 3.42. The molecule has 4 heteroatoms. The van der Waals surface area contributed by atoms with Gasteiger partial charge in [0.2, 0.25) is 0 Å². The van der Waals surface area contributed by atoms with Gasteiger partial charge in [-0.05, 0) is 24.5 Å². The maximum atomic E-state index is 12.0. The van der Waals surface area contributed by atoms with Crippen LogP contribution in [0.3, 0.4) is 0 Å². The standard InChI is InChI=1S/C13H17N3O/c1-9(2)6-7-14-13(17)10-4-3-5-11-12(10)16-8-15-11/h3-5,8-9H,6-7H2,1-2H3,(H,14,17)(H,15,16). The zero-order valence-electron chi connectivity index (χ0n) is 10.2. The molecule has 0 atom stereocenters. The minimum atomic E-state index is -0.0525. The summed E-state index contributed by atoms with van der Waals surface area (Å²) in [6.45, 7) is 4.98. The third-order valence-corrected chi connectivity index (χ3v) is 2.70. The quantitative estimate of drug-likeness (QED) is 0.848. The fraction of sp³-hybridized carbons (Fsp3) is 0.385. The van der Waals surface area contributed by atoms with Crippen molar-refractivity contribution in [3.05, 3.63) is 30.1 Å². The van der Waals surface area contributed by atoms with Crippen molar-refractivity contribution >= 4 is 16.9 Å². The lowest BCUT2D eigenvalue weighted by atomic mass is 10.1. The summed E-state index contributed by atoms with van der Waals surface area (Å²) in [5.74, 6) is 0.542. The number of aromatic amines is 1. The molecule has 2 aromatic rings. The summed E-state index contributed by atoms with van der Waals surface area (Å²) in [5, 5.41) is 2.92. The van der Waals surface area contributed by atoms with Crippen LogP contribution in [0.4, 0.5) is 0 Å². The molecule has 0 aliphatic heterocycles. The maximum Gasteiger partial charge on any atom is 0.253 e. The maximum absolute atomic E-state index is 12.0. The van der Waals surface area contributed by atoms with Gasteiger partial charge in [0.1, 0.15) is 5.52 Å². The van der Waals surface area contributed by atoms with Crippen molar-refractivity contribution in [2.45, 2.75) is 20.3 Å². The SMILES string of the molecule is CC(C)CCNC(=O)c1cccc2[nH]cnc12. The van der Waals surface area contributed by atoms with Gasteiger partial charge in [-0.15, -0.1) is 0 Å². The highest BCUT2D eigenvalue weighted by Crippen LogP contribution is 2.14. The Labute approximate surface area is 100 Å². The highest BCUT2D eigenvalue weighted by atomic mass is 16.1. The first-order valence-electron chi connectivity index (χ1n) is 5.89. The smallest absolute Gasteiger partial charge is 0.253 e. The Balaban J connectivity index is 2.11. The topological polar surface area (TPSA) is 57.8 Å². The number of carbonyl (C=O) groups is 1. The molecule has 0 aliphatic rings. The molecule has 1 aromatic carbocycles. The molecule has 0 unspecified atom stereocenters. The van der Waals surface area contributed by atoms with Crippen molar-refractivity contribution in [1.82, 2.24) is 15.3 Å². The number of nitrogens with one attached hydrogen (secondary N) is 2. The minimum Gasteiger partial charge on any atom is -0.352 e. The molecule has 1 heterocycles. The first-order valence-corrected chi connectivity index (χ1v) is 5.89. The van der Waals surface area contributed by atoms with Crippen LogP contribution in [0.5, 0.6) is 0 Å². The molecule has 0 saturated carbocycles. The largest absolute Gasteiger partial charge is 0.352 e. The Bertz CT molecular complexity index is 516. The number of rotatable bonds is 4. The fourth-order valence-corrected chi connectivity index (χ4v) is 1.72. The molecule has 90 valence electrons. The molecule has 17 heavy (non-hydrogen) atoms. The van der Waals surface area contributed by atoms with Gasteiger partial charge in [0, 0.05) is 6.54 Å². The number of imidazole rings is 1. The number of carbonyl (C=O) groups excluding carboxylic acids is 1. The zero-order chi connectivity index (χ0) is 12.3. The van der Waals surface area contributed by atoms with E-state index in [1.807, 2.05) is 12.1 Å². The van der Waals surface area contributed by atoms with Gasteiger partial charge >= 0.3 is 0 Å². The summed E-state index contributed by atoms with van der Waals surface area (Å²) in [6.07, 6.45) is 2.60. The zero-order valence-corrected chi connectivity index (χ0v) is 10.2. The van der Waals surface area contributed by atoms with Crippen LogP contribution >= 0.6 is 0 Å². The normalized spacial score (nSPS) is 11.0. The van der Waals surface area contributed by atoms with Crippen LogP contribution in [0.2, 0.25) is 0 Å². The van der Waals surface area contributed by atoms with Crippen LogP contribution in [0.25, 0.3) is 11.0 Å². The number of H-pyrrole nitrogens is 1. The number of hydrogen-bond donors (Lipinski definition) is 2. The van der Waals surface area contributed by atoms with Crippen LogP contribution in [0, 0.1) is 5.92 Å². The Morgan fingerprint density at radius 1 is 1.47 bits per heavy atom. The third-order valence-electron chi connectivity index (χ3n) is 2.70. The highest BCUT2D eigenvalue weighted by molar-refractivity contribution is 6.04. The van der Waals surface area contributed by atoms with Gasteiger partial charge in [-0.2, -0.15) is 0 Å². The number of nitrogens with zero attached hydrogens (tertiary/aromatic N) is 1. The second kappa shape index (κ2) is 4.99. The summed E-state index contributed by atoms with van der Waals surface area (Å²) in [7, 11) is 0. The first-order chi connectivity index (χ1) is 8.18. The molecule has 0 saturated heterocycles. The van der Waals surface area contributed by atoms with E-state index in [9.17, 15) is 4.79 Å². The number of amides is 1. The van der Waals surface area contributed by atoms with Gasteiger partial charge in [0.25, 0.3) is 5.91 Å². The van der Waals surface area contributed by atoms with Gasteiger partial charge < -0.3 is 10.3 Å². The molecule has 0 radical (unpaired) electrons. The average molecular weight is 231 g/mol. The van der Waals surface area contributed by atoms with E-state index in [0.717, 1.165) is 17.5 Å². The number of para-hydroxylation sites is 1. The minimum absolute atomic E-state index is 0.0525. The van der Waals surface area contributed by atoms with Crippen molar-refractivity contribution in [2.75, 3.05) is 6.54 Å². The summed E-state index contributed by atoms with van der Waals surface area (Å²) in [4.78, 5) is 19.1. The predicted molar refractivity (Wildman–Crippen MR) is 67.9 cm³/mol. The number of fused-ring (bicyclic) bond motifs is 1. The van der Waals surface area contributed by atoms with Gasteiger partial charge in [-0.25, -0.2) is 4.98 Å². The Morgan fingerprint density at radius 3 is 3.06 bits per heavy atom. The summed E-state index contributed by atoms with van der Waals surface area (Å²) >= 11 is 0. The molecule has 1 amide bonds. The van der Waals surface area contributed by atoms with Crippen molar-refractivity contribution in [3.63, 3.8) is 0 Å². The van der Waals surface area contributed by atoms with E-state index in [4.69, 9.17) is 0 Å². The Morgan fingerprint density at radius 2 is 2.29 bits per heavy atom. The summed E-state index contributed by atoms with van der Waals surface area (Å²) in [6, 6.07) is 5.57. The average Bonchev–Trinajstić information content (AvgIpc) is 2.75. The predicted octanol–water partition coefficient (Wildman–Crippen LogP) is 2.34. The monoisotopic (exact) mass is 231 g/mol. The highest BCUT2D eigenvalue weighted by Gasteiger charge is 2.10. The third kappa shape index (κ3) is 2.64. The molecule has 0 aliphatic carbocycles. The van der Waals surface area contributed by atoms with Crippen molar-refractivity contribution < 1.29 is 4.79 Å². The van der Waals surface area contributed by atoms with Crippen molar-refractivity contribution in [1.29, 1.82) is 0 Å². The van der Waals surface area contributed by atoms with Crippen molar-refractivity contribution in [2.24, 2.45) is 5.92 Å². The lowest BCUT2D eigenvalue weighted by Crippen LogP contribution is -2.25. The van der Waals surface area contributed by atoms with E-state index in [1.54, 1.807) is 12.4 Å². The molecule has 0 bridgehead atoms. The number of hydrogen-bond acceptors (Lipinski definition) is 2. The lowest BCUT2D eigenvalue weighted by Gasteiger charge is -2.07. The van der Waals surface area contributed by atoms with E-state index < -0.39 is 0 Å². The van der Waals surface area contributed by atoms with E-state index in [-0.39, 0.29) is 5.91 Å². The molecular formula is C13H17N3O. The van der Waals surface area contributed by atoms with Crippen LogP contribution in [0.15, 0.2) is 24.5 Å². The molecule has 2 rings (SSSR count). The van der Waals surface area contributed by atoms with E-state index >= 15 is 0 Å². The van der Waals surface area contributed by atoms with E-state index in [0.29, 0.717) is 18.0 Å². The van der Waals surface area contributed by atoms with E-state index in [2.05, 4.69) is 29.1 Å². The van der Waals surface area contributed by atoms with Crippen LogP contribution in [0.1, 0.15) is 30.6 Å².